The molecule has 8 rings (SSSR count). The van der Waals surface area contributed by atoms with Gasteiger partial charge in [0.15, 0.2) is 0 Å². The SMILES string of the molecule is CO[C@]1(CN2CCN3CCCC[C@@H]3C2)/C=C\C[C@H](C)[C@@H](C)S(=O)(=O)NC(=O)c2ccc3c(c2)N(C[C@@H]2CC[C@H]21)C[C@@]1(CCCc2cc(Cl)ccc21)CO3. The number of hydrogen-bond donors (Lipinski definition) is 1. The van der Waals surface area contributed by atoms with Crippen LogP contribution in [0.1, 0.15) is 86.7 Å². The van der Waals surface area contributed by atoms with E-state index in [1.165, 1.54) is 36.9 Å². The van der Waals surface area contributed by atoms with Crippen molar-refractivity contribution in [3.05, 3.63) is 70.3 Å². The summed E-state index contributed by atoms with van der Waals surface area (Å²) in [6.45, 7) is 10.9. The normalized spacial score (nSPS) is 35.4. The van der Waals surface area contributed by atoms with Crippen molar-refractivity contribution in [3.8, 4) is 5.75 Å². The predicted molar refractivity (Wildman–Crippen MR) is 211 cm³/mol. The molecule has 0 aromatic heterocycles. The highest BCUT2D eigenvalue weighted by Gasteiger charge is 2.50. The second kappa shape index (κ2) is 14.8. The Labute approximate surface area is 321 Å². The summed E-state index contributed by atoms with van der Waals surface area (Å²) in [5.41, 5.74) is 2.97. The van der Waals surface area contributed by atoms with Gasteiger partial charge < -0.3 is 14.4 Å². The van der Waals surface area contributed by atoms with Crippen LogP contribution in [0.25, 0.3) is 0 Å². The van der Waals surface area contributed by atoms with Crippen molar-refractivity contribution in [1.29, 1.82) is 0 Å². The lowest BCUT2D eigenvalue weighted by Gasteiger charge is -2.53. The molecule has 11 heteroatoms. The molecule has 0 radical (unpaired) electrons. The molecule has 53 heavy (non-hydrogen) atoms. The number of ether oxygens (including phenoxy) is 2. The Morgan fingerprint density at radius 2 is 1.89 bits per heavy atom. The van der Waals surface area contributed by atoms with Crippen LogP contribution in [0.15, 0.2) is 48.6 Å². The number of methoxy groups -OCH3 is 1. The van der Waals surface area contributed by atoms with Gasteiger partial charge in [0.1, 0.15) is 11.4 Å². The van der Waals surface area contributed by atoms with Gasteiger partial charge in [-0.05, 0) is 124 Å². The average Bonchev–Trinajstić information content (AvgIpc) is 3.28. The standard InChI is InChI=1S/C42H57ClN4O5S/c1-29-8-6-18-42(51-3,27-45-20-21-46-19-5-4-10-35(46)25-45)37-14-11-33(37)24-47-26-41(17-7-9-31-22-34(43)13-15-36(31)41)28-52-39-16-12-32(23-38(39)47)40(48)44-53(49,50)30(29)2/h6,12-13,15-16,18,22-23,29-30,33,35,37H,4-5,7-11,14,17,19-21,24-28H2,1-3H3,(H,44,48)/b18-6-/t29-,30+,33-,35+,37+,41-,42-/m0/s1. The number of aryl methyl sites for hydroxylation is 1. The predicted octanol–water partition coefficient (Wildman–Crippen LogP) is 6.44. The van der Waals surface area contributed by atoms with Gasteiger partial charge in [0.25, 0.3) is 5.91 Å². The second-order valence-electron chi connectivity index (χ2n) is 17.1. The van der Waals surface area contributed by atoms with E-state index in [1.807, 2.05) is 32.2 Å². The molecular formula is C42H57ClN4O5S. The molecule has 2 saturated heterocycles. The molecule has 1 amide bonds. The van der Waals surface area contributed by atoms with Crippen molar-refractivity contribution in [1.82, 2.24) is 14.5 Å². The number of nitrogens with one attached hydrogen (secondary N) is 1. The van der Waals surface area contributed by atoms with Crippen LogP contribution in [0.5, 0.6) is 5.75 Å². The maximum atomic E-state index is 13.7. The maximum absolute atomic E-state index is 13.7. The van der Waals surface area contributed by atoms with Crippen LogP contribution in [0.4, 0.5) is 5.69 Å². The molecule has 288 valence electrons. The lowest BCUT2D eigenvalue weighted by Crippen LogP contribution is -2.61. The minimum atomic E-state index is -3.95. The fourth-order valence-electron chi connectivity index (χ4n) is 10.5. The highest BCUT2D eigenvalue weighted by atomic mass is 35.5. The topological polar surface area (TPSA) is 91.4 Å². The van der Waals surface area contributed by atoms with E-state index in [-0.39, 0.29) is 17.3 Å². The molecule has 1 saturated carbocycles. The molecule has 2 aromatic carbocycles. The number of anilines is 1. The molecule has 2 bridgehead atoms. The smallest absolute Gasteiger partial charge is 0.264 e. The van der Waals surface area contributed by atoms with Crippen molar-refractivity contribution in [2.45, 2.75) is 93.9 Å². The van der Waals surface area contributed by atoms with Crippen molar-refractivity contribution in [2.24, 2.45) is 17.8 Å². The van der Waals surface area contributed by atoms with Crippen molar-refractivity contribution < 1.29 is 22.7 Å². The van der Waals surface area contributed by atoms with E-state index in [9.17, 15) is 13.2 Å². The Morgan fingerprint density at radius 3 is 2.70 bits per heavy atom. The molecule has 4 aliphatic heterocycles. The fourth-order valence-corrected chi connectivity index (χ4v) is 12.0. The minimum Gasteiger partial charge on any atom is -0.490 e. The van der Waals surface area contributed by atoms with Crippen LogP contribution < -0.4 is 14.4 Å². The number of piperazine rings is 1. The zero-order valence-electron chi connectivity index (χ0n) is 31.7. The summed E-state index contributed by atoms with van der Waals surface area (Å²) in [5, 5.41) is -0.0127. The van der Waals surface area contributed by atoms with E-state index in [0.717, 1.165) is 87.8 Å². The summed E-state index contributed by atoms with van der Waals surface area (Å²) in [6.07, 6.45) is 14.1. The molecule has 1 spiro atoms. The first-order valence-corrected chi connectivity index (χ1v) is 22.0. The summed E-state index contributed by atoms with van der Waals surface area (Å²) in [4.78, 5) is 21.4. The molecule has 3 fully saturated rings. The van der Waals surface area contributed by atoms with Crippen LogP contribution >= 0.6 is 11.6 Å². The number of fused-ring (bicyclic) bond motifs is 5. The first-order chi connectivity index (χ1) is 25.5. The lowest BCUT2D eigenvalue weighted by molar-refractivity contribution is -0.100. The van der Waals surface area contributed by atoms with E-state index in [1.54, 1.807) is 13.0 Å². The summed E-state index contributed by atoms with van der Waals surface area (Å²) in [5.74, 6) is 0.551. The first-order valence-electron chi connectivity index (χ1n) is 20.1. The van der Waals surface area contributed by atoms with Crippen LogP contribution in [-0.4, -0.2) is 101 Å². The number of allylic oxidation sites excluding steroid dienone is 1. The molecule has 1 N–H and O–H groups in total. The van der Waals surface area contributed by atoms with Crippen molar-refractivity contribution >= 4 is 33.2 Å². The number of piperidine rings is 1. The summed E-state index contributed by atoms with van der Waals surface area (Å²) < 4.78 is 43.2. The quantitative estimate of drug-likeness (QED) is 0.358. The van der Waals surface area contributed by atoms with Gasteiger partial charge in [-0.15, -0.1) is 0 Å². The third-order valence-corrected chi connectivity index (χ3v) is 16.2. The number of carbonyl (C=O) groups excluding carboxylic acids is 1. The fraction of sp³-hybridized carbons (Fsp3) is 0.643. The number of sulfonamides is 1. The Hall–Kier alpha value is -2.63. The van der Waals surface area contributed by atoms with Gasteiger partial charge in [0, 0.05) is 68.4 Å². The molecule has 9 nitrogen and oxygen atoms in total. The van der Waals surface area contributed by atoms with Gasteiger partial charge in [-0.3, -0.25) is 14.6 Å². The third kappa shape index (κ3) is 7.16. The number of rotatable bonds is 3. The minimum absolute atomic E-state index is 0.206. The van der Waals surface area contributed by atoms with E-state index in [2.05, 4.69) is 43.7 Å². The van der Waals surface area contributed by atoms with Gasteiger partial charge in [-0.2, -0.15) is 0 Å². The Kier molecular flexibility index (Phi) is 10.4. The highest BCUT2D eigenvalue weighted by molar-refractivity contribution is 7.90. The van der Waals surface area contributed by atoms with Crippen LogP contribution in [-0.2, 0) is 26.6 Å². The van der Waals surface area contributed by atoms with Crippen molar-refractivity contribution in [2.75, 3.05) is 64.4 Å². The molecule has 0 unspecified atom stereocenters. The summed E-state index contributed by atoms with van der Waals surface area (Å²) in [7, 11) is -2.07. The molecule has 7 atom stereocenters. The number of halogens is 1. The summed E-state index contributed by atoms with van der Waals surface area (Å²) >= 11 is 6.51. The van der Waals surface area contributed by atoms with Crippen LogP contribution in [0.2, 0.25) is 5.02 Å². The number of nitrogens with zero attached hydrogens (tertiary/aromatic N) is 3. The Balaban J connectivity index is 1.19. The number of benzene rings is 2. The molecule has 6 aliphatic rings. The van der Waals surface area contributed by atoms with Crippen LogP contribution in [0.3, 0.4) is 0 Å². The maximum Gasteiger partial charge on any atom is 0.264 e. The zero-order chi connectivity index (χ0) is 37.0. The lowest BCUT2D eigenvalue weighted by atomic mass is 9.63. The van der Waals surface area contributed by atoms with E-state index in [4.69, 9.17) is 21.1 Å². The number of amides is 1. The van der Waals surface area contributed by atoms with Gasteiger partial charge in [0.2, 0.25) is 10.0 Å². The Bertz CT molecular complexity index is 1840. The number of hydrogen-bond acceptors (Lipinski definition) is 8. The molecule has 2 aromatic rings. The van der Waals surface area contributed by atoms with Crippen LogP contribution in [0, 0.1) is 17.8 Å². The largest absolute Gasteiger partial charge is 0.490 e. The monoisotopic (exact) mass is 764 g/mol. The number of carbonyl (C=O) groups is 1. The second-order valence-corrected chi connectivity index (χ2v) is 19.6. The van der Waals surface area contributed by atoms with Gasteiger partial charge in [-0.25, -0.2) is 13.1 Å². The van der Waals surface area contributed by atoms with Crippen molar-refractivity contribution in [3.63, 3.8) is 0 Å². The summed E-state index contributed by atoms with van der Waals surface area (Å²) in [6, 6.07) is 12.3. The zero-order valence-corrected chi connectivity index (χ0v) is 33.3. The Morgan fingerprint density at radius 1 is 1.02 bits per heavy atom. The molecular weight excluding hydrogens is 708 g/mol. The molecule has 4 heterocycles. The highest BCUT2D eigenvalue weighted by Crippen LogP contribution is 2.49. The van der Waals surface area contributed by atoms with Gasteiger partial charge >= 0.3 is 0 Å². The third-order valence-electron chi connectivity index (χ3n) is 14.0. The van der Waals surface area contributed by atoms with Gasteiger partial charge in [-0.1, -0.05) is 43.2 Å². The van der Waals surface area contributed by atoms with E-state index >= 15 is 0 Å². The van der Waals surface area contributed by atoms with Gasteiger partial charge in [0.05, 0.1) is 17.5 Å². The average molecular weight is 765 g/mol. The molecule has 2 aliphatic carbocycles. The van der Waals surface area contributed by atoms with E-state index < -0.39 is 26.8 Å². The first kappa shape index (κ1) is 37.3. The van der Waals surface area contributed by atoms with E-state index in [0.29, 0.717) is 30.6 Å².